The van der Waals surface area contributed by atoms with Crippen molar-refractivity contribution in [1.29, 1.82) is 0 Å². The van der Waals surface area contributed by atoms with Crippen LogP contribution in [0.2, 0.25) is 10.0 Å². The summed E-state index contributed by atoms with van der Waals surface area (Å²) in [5.74, 6) is 0. The Morgan fingerprint density at radius 3 is 2.10 bits per heavy atom. The fraction of sp³-hybridized carbons (Fsp3) is 0.143. The second-order valence-electron chi connectivity index (χ2n) is 4.32. The third kappa shape index (κ3) is 3.10. The topological polar surface area (TPSA) is 63.4 Å². The van der Waals surface area contributed by atoms with E-state index >= 15 is 0 Å². The van der Waals surface area contributed by atoms with Crippen molar-refractivity contribution < 1.29 is 8.42 Å². The van der Waals surface area contributed by atoms with Crippen molar-refractivity contribution in [2.45, 2.75) is 11.8 Å². The number of nitrogens with zero attached hydrogens (tertiary/aromatic N) is 1. The summed E-state index contributed by atoms with van der Waals surface area (Å²) < 4.78 is 26.9. The number of nitrogens with two attached hydrogens (primary N) is 1. The summed E-state index contributed by atoms with van der Waals surface area (Å²) >= 11 is 12.1. The van der Waals surface area contributed by atoms with Crippen LogP contribution in [0.25, 0.3) is 0 Å². The number of anilines is 2. The smallest absolute Gasteiger partial charge is 0.267 e. The summed E-state index contributed by atoms with van der Waals surface area (Å²) in [5, 5.41) is 0.0174. The van der Waals surface area contributed by atoms with Gasteiger partial charge in [0.05, 0.1) is 15.7 Å². The van der Waals surface area contributed by atoms with Gasteiger partial charge in [0, 0.05) is 12.2 Å². The molecule has 0 spiro atoms. The Balaban J connectivity index is 2.61. The number of hydrogen-bond donors (Lipinski definition) is 1. The largest absolute Gasteiger partial charge is 0.399 e. The Kier molecular flexibility index (Phi) is 4.66. The van der Waals surface area contributed by atoms with Crippen molar-refractivity contribution in [2.24, 2.45) is 0 Å². The zero-order valence-corrected chi connectivity index (χ0v) is 13.6. The first kappa shape index (κ1) is 15.9. The van der Waals surface area contributed by atoms with E-state index in [1.165, 1.54) is 16.4 Å². The van der Waals surface area contributed by atoms with Crippen molar-refractivity contribution in [3.05, 3.63) is 52.5 Å². The van der Waals surface area contributed by atoms with Gasteiger partial charge in [-0.2, -0.15) is 0 Å². The predicted octanol–water partition coefficient (Wildman–Crippen LogP) is 3.79. The molecule has 2 aromatic carbocycles. The summed E-state index contributed by atoms with van der Waals surface area (Å²) in [6.45, 7) is 1.99. The van der Waals surface area contributed by atoms with Gasteiger partial charge in [0.1, 0.15) is 4.90 Å². The Morgan fingerprint density at radius 1 is 1.10 bits per heavy atom. The van der Waals surface area contributed by atoms with E-state index in [4.69, 9.17) is 28.9 Å². The Bertz CT molecular complexity index is 726. The Labute approximate surface area is 134 Å². The molecule has 0 atom stereocenters. The van der Waals surface area contributed by atoms with E-state index in [1.807, 2.05) is 6.07 Å². The van der Waals surface area contributed by atoms with Gasteiger partial charge in [-0.05, 0) is 31.2 Å². The molecule has 7 heteroatoms. The van der Waals surface area contributed by atoms with Gasteiger partial charge in [-0.1, -0.05) is 41.4 Å². The van der Waals surface area contributed by atoms with Crippen molar-refractivity contribution in [3.63, 3.8) is 0 Å². The van der Waals surface area contributed by atoms with E-state index in [2.05, 4.69) is 0 Å². The zero-order valence-electron chi connectivity index (χ0n) is 11.3. The molecule has 0 amide bonds. The molecule has 112 valence electrons. The molecule has 21 heavy (non-hydrogen) atoms. The average Bonchev–Trinajstić information content (AvgIpc) is 2.38. The second-order valence-corrected chi connectivity index (χ2v) is 6.93. The lowest BCUT2D eigenvalue weighted by atomic mass is 10.3. The molecule has 0 saturated carbocycles. The molecule has 4 nitrogen and oxygen atoms in total. The predicted molar refractivity (Wildman–Crippen MR) is 87.5 cm³/mol. The summed E-state index contributed by atoms with van der Waals surface area (Å²) in [5.41, 5.74) is 6.47. The summed E-state index contributed by atoms with van der Waals surface area (Å²) in [6.07, 6.45) is 0. The maximum Gasteiger partial charge on any atom is 0.267 e. The van der Waals surface area contributed by atoms with Crippen LogP contribution in [0.1, 0.15) is 6.92 Å². The van der Waals surface area contributed by atoms with E-state index in [9.17, 15) is 8.42 Å². The highest BCUT2D eigenvalue weighted by atomic mass is 35.5. The van der Waals surface area contributed by atoms with E-state index < -0.39 is 10.0 Å². The van der Waals surface area contributed by atoms with Crippen LogP contribution in [-0.2, 0) is 10.0 Å². The number of hydrogen-bond acceptors (Lipinski definition) is 3. The molecule has 0 aliphatic carbocycles. The summed E-state index contributed by atoms with van der Waals surface area (Å²) in [4.78, 5) is -0.134. The minimum absolute atomic E-state index is 0.00869. The number of sulfonamides is 1. The molecule has 0 fully saturated rings. The van der Waals surface area contributed by atoms with Gasteiger partial charge in [-0.3, -0.25) is 4.31 Å². The maximum atomic E-state index is 12.8. The molecular weight excluding hydrogens is 331 g/mol. The van der Waals surface area contributed by atoms with Gasteiger partial charge in [0.15, 0.2) is 0 Å². The van der Waals surface area contributed by atoms with Gasteiger partial charge in [0.25, 0.3) is 10.0 Å². The molecule has 0 unspecified atom stereocenters. The lowest BCUT2D eigenvalue weighted by molar-refractivity contribution is 0.592. The highest BCUT2D eigenvalue weighted by Gasteiger charge is 2.28. The zero-order chi connectivity index (χ0) is 15.6. The Hall–Kier alpha value is -1.43. The van der Waals surface area contributed by atoms with Crippen LogP contribution in [0.5, 0.6) is 0 Å². The number of para-hydroxylation sites is 1. The Morgan fingerprint density at radius 2 is 1.62 bits per heavy atom. The fourth-order valence-corrected chi connectivity index (χ4v) is 4.68. The van der Waals surface area contributed by atoms with Crippen molar-refractivity contribution in [2.75, 3.05) is 16.6 Å². The minimum Gasteiger partial charge on any atom is -0.399 e. The van der Waals surface area contributed by atoms with E-state index in [1.54, 1.807) is 31.2 Å². The normalized spacial score (nSPS) is 11.4. The van der Waals surface area contributed by atoms with Crippen LogP contribution < -0.4 is 10.0 Å². The summed E-state index contributed by atoms with van der Waals surface area (Å²) in [6, 6.07) is 11.5. The van der Waals surface area contributed by atoms with Crippen LogP contribution in [0, 0.1) is 0 Å². The molecule has 0 aromatic heterocycles. The van der Waals surface area contributed by atoms with Gasteiger partial charge < -0.3 is 5.73 Å². The molecule has 2 aromatic rings. The first-order chi connectivity index (χ1) is 9.87. The van der Waals surface area contributed by atoms with Gasteiger partial charge in [-0.15, -0.1) is 0 Å². The standard InChI is InChI=1S/C14H14Cl2N2O2S/c1-2-18(11-6-4-3-5-7-11)21(19,20)14-12(15)8-10(17)9-13(14)16/h3-9H,2,17H2,1H3. The van der Waals surface area contributed by atoms with Crippen molar-refractivity contribution in [1.82, 2.24) is 0 Å². The monoisotopic (exact) mass is 344 g/mol. The van der Waals surface area contributed by atoms with Crippen LogP contribution in [-0.4, -0.2) is 15.0 Å². The molecule has 0 radical (unpaired) electrons. The van der Waals surface area contributed by atoms with Gasteiger partial charge in [0.2, 0.25) is 0 Å². The lowest BCUT2D eigenvalue weighted by Crippen LogP contribution is -2.31. The third-order valence-corrected chi connectivity index (χ3v) is 5.73. The van der Waals surface area contributed by atoms with Gasteiger partial charge >= 0.3 is 0 Å². The molecule has 0 aliphatic rings. The highest BCUT2D eigenvalue weighted by Crippen LogP contribution is 2.35. The average molecular weight is 345 g/mol. The quantitative estimate of drug-likeness (QED) is 0.858. The molecule has 2 rings (SSSR count). The second kappa shape index (κ2) is 6.13. The molecule has 2 N–H and O–H groups in total. The first-order valence-corrected chi connectivity index (χ1v) is 8.39. The molecule has 0 bridgehead atoms. The molecule has 0 saturated heterocycles. The van der Waals surface area contributed by atoms with E-state index in [-0.39, 0.29) is 21.5 Å². The van der Waals surface area contributed by atoms with E-state index in [0.29, 0.717) is 11.4 Å². The lowest BCUT2D eigenvalue weighted by Gasteiger charge is -2.24. The van der Waals surface area contributed by atoms with E-state index in [0.717, 1.165) is 0 Å². The number of nitrogen functional groups attached to an aromatic ring is 1. The summed E-state index contributed by atoms with van der Waals surface area (Å²) in [7, 11) is -3.87. The third-order valence-electron chi connectivity index (χ3n) is 2.90. The fourth-order valence-electron chi connectivity index (χ4n) is 2.02. The van der Waals surface area contributed by atoms with Crippen LogP contribution in [0.15, 0.2) is 47.4 Å². The number of rotatable bonds is 4. The first-order valence-electron chi connectivity index (χ1n) is 6.20. The van der Waals surface area contributed by atoms with Crippen LogP contribution >= 0.6 is 23.2 Å². The molecule has 0 heterocycles. The molecule has 0 aliphatic heterocycles. The number of halogens is 2. The minimum atomic E-state index is -3.87. The SMILES string of the molecule is CCN(c1ccccc1)S(=O)(=O)c1c(Cl)cc(N)cc1Cl. The number of benzene rings is 2. The molecular formula is C14H14Cl2N2O2S. The maximum absolute atomic E-state index is 12.8. The van der Waals surface area contributed by atoms with Crippen LogP contribution in [0.3, 0.4) is 0 Å². The van der Waals surface area contributed by atoms with Crippen molar-refractivity contribution >= 4 is 44.6 Å². The van der Waals surface area contributed by atoms with Crippen molar-refractivity contribution in [3.8, 4) is 0 Å². The van der Waals surface area contributed by atoms with Crippen LogP contribution in [0.4, 0.5) is 11.4 Å². The highest BCUT2D eigenvalue weighted by molar-refractivity contribution is 7.93. The van der Waals surface area contributed by atoms with Gasteiger partial charge in [-0.25, -0.2) is 8.42 Å².